The molecular formula is C14H15BrIN3O. The van der Waals surface area contributed by atoms with Crippen molar-refractivity contribution in [1.29, 1.82) is 0 Å². The van der Waals surface area contributed by atoms with Crippen molar-refractivity contribution < 1.29 is 4.74 Å². The number of ether oxygens (including phenoxy) is 1. The number of nitrogens with two attached hydrogens (primary N) is 1. The average Bonchev–Trinajstić information content (AvgIpc) is 2.43. The van der Waals surface area contributed by atoms with Gasteiger partial charge in [-0.2, -0.15) is 0 Å². The Balaban J connectivity index is 2.49. The summed E-state index contributed by atoms with van der Waals surface area (Å²) in [5.41, 5.74) is 7.91. The van der Waals surface area contributed by atoms with Gasteiger partial charge < -0.3 is 10.5 Å². The van der Waals surface area contributed by atoms with Gasteiger partial charge in [-0.25, -0.2) is 9.97 Å². The lowest BCUT2D eigenvalue weighted by Crippen LogP contribution is -2.05. The Morgan fingerprint density at radius 2 is 2.10 bits per heavy atom. The Hall–Kier alpha value is -0.890. The second-order valence-corrected chi connectivity index (χ2v) is 6.23. The largest absolute Gasteiger partial charge is 0.496 e. The minimum Gasteiger partial charge on any atom is -0.496 e. The number of hydrogen-bond acceptors (Lipinski definition) is 4. The van der Waals surface area contributed by atoms with Crippen molar-refractivity contribution in [2.24, 2.45) is 0 Å². The van der Waals surface area contributed by atoms with Crippen LogP contribution in [0.15, 0.2) is 22.7 Å². The number of benzene rings is 1. The third kappa shape index (κ3) is 3.22. The summed E-state index contributed by atoms with van der Waals surface area (Å²) in [6, 6.07) is 5.76. The molecule has 0 saturated carbocycles. The van der Waals surface area contributed by atoms with Gasteiger partial charge in [0.1, 0.15) is 11.6 Å². The van der Waals surface area contributed by atoms with E-state index in [-0.39, 0.29) is 0 Å². The fourth-order valence-corrected chi connectivity index (χ4v) is 2.90. The van der Waals surface area contributed by atoms with Crippen LogP contribution in [0.25, 0.3) is 11.4 Å². The number of hydrogen-bond donors (Lipinski definition) is 1. The molecule has 106 valence electrons. The molecule has 1 heterocycles. The van der Waals surface area contributed by atoms with E-state index < -0.39 is 0 Å². The monoisotopic (exact) mass is 447 g/mol. The van der Waals surface area contributed by atoms with Crippen LogP contribution < -0.4 is 10.5 Å². The standard InChI is InChI=1S/C14H15BrIN3O/c1-3-4-10-12(16)13(17)19-14(18-10)8-5-6-11(20-2)9(15)7-8/h5-7H,3-4H2,1-2H3,(H2,17,18,19). The second-order valence-electron chi connectivity index (χ2n) is 4.29. The van der Waals surface area contributed by atoms with Crippen LogP contribution in [0.1, 0.15) is 19.0 Å². The molecule has 2 aromatic rings. The van der Waals surface area contributed by atoms with Gasteiger partial charge in [-0.15, -0.1) is 0 Å². The first kappa shape index (κ1) is 15.5. The van der Waals surface area contributed by atoms with Crippen LogP contribution in [0.4, 0.5) is 5.82 Å². The maximum Gasteiger partial charge on any atom is 0.161 e. The molecule has 0 saturated heterocycles. The normalized spacial score (nSPS) is 10.6. The Bertz CT molecular complexity index is 634. The smallest absolute Gasteiger partial charge is 0.161 e. The van der Waals surface area contributed by atoms with Gasteiger partial charge in [0.05, 0.1) is 20.8 Å². The topological polar surface area (TPSA) is 61.0 Å². The number of methoxy groups -OCH3 is 1. The van der Waals surface area contributed by atoms with E-state index in [2.05, 4.69) is 55.4 Å². The molecule has 0 fully saturated rings. The first-order valence-corrected chi connectivity index (χ1v) is 8.09. The minimum absolute atomic E-state index is 0.533. The number of nitrogens with zero attached hydrogens (tertiary/aromatic N) is 2. The van der Waals surface area contributed by atoms with E-state index in [1.54, 1.807) is 7.11 Å². The first-order chi connectivity index (χ1) is 9.56. The van der Waals surface area contributed by atoms with Crippen molar-refractivity contribution in [3.05, 3.63) is 31.9 Å². The minimum atomic E-state index is 0.533. The van der Waals surface area contributed by atoms with Gasteiger partial charge in [0, 0.05) is 5.56 Å². The molecule has 0 amide bonds. The Kier molecular flexibility index (Phi) is 5.20. The third-order valence-corrected chi connectivity index (χ3v) is 4.64. The van der Waals surface area contributed by atoms with Crippen LogP contribution in [-0.2, 0) is 6.42 Å². The predicted molar refractivity (Wildman–Crippen MR) is 92.8 cm³/mol. The quantitative estimate of drug-likeness (QED) is 0.718. The maximum absolute atomic E-state index is 5.99. The van der Waals surface area contributed by atoms with E-state index in [4.69, 9.17) is 10.5 Å². The van der Waals surface area contributed by atoms with Gasteiger partial charge in [-0.1, -0.05) is 13.3 Å². The number of rotatable bonds is 4. The molecule has 6 heteroatoms. The average molecular weight is 448 g/mol. The first-order valence-electron chi connectivity index (χ1n) is 6.22. The summed E-state index contributed by atoms with van der Waals surface area (Å²) >= 11 is 5.68. The van der Waals surface area contributed by atoms with Crippen LogP contribution in [0.2, 0.25) is 0 Å². The second kappa shape index (κ2) is 6.71. The number of halogens is 2. The lowest BCUT2D eigenvalue weighted by atomic mass is 10.2. The van der Waals surface area contributed by atoms with E-state index >= 15 is 0 Å². The lowest BCUT2D eigenvalue weighted by Gasteiger charge is -2.10. The molecule has 0 aliphatic heterocycles. The summed E-state index contributed by atoms with van der Waals surface area (Å²) in [6.07, 6.45) is 1.92. The predicted octanol–water partition coefficient (Wildman–Crippen LogP) is 4.05. The molecule has 0 bridgehead atoms. The molecule has 1 aromatic carbocycles. The van der Waals surface area contributed by atoms with Gasteiger partial charge in [0.2, 0.25) is 0 Å². The zero-order chi connectivity index (χ0) is 14.7. The van der Waals surface area contributed by atoms with Crippen LogP contribution >= 0.6 is 38.5 Å². The molecule has 0 radical (unpaired) electrons. The molecule has 0 aliphatic carbocycles. The summed E-state index contributed by atoms with van der Waals surface area (Å²) in [5.74, 6) is 1.96. The van der Waals surface area contributed by atoms with Gasteiger partial charge in [-0.3, -0.25) is 0 Å². The van der Waals surface area contributed by atoms with E-state index in [0.29, 0.717) is 11.6 Å². The van der Waals surface area contributed by atoms with Gasteiger partial charge in [0.15, 0.2) is 5.82 Å². The molecule has 0 spiro atoms. The molecular weight excluding hydrogens is 433 g/mol. The number of aryl methyl sites for hydroxylation is 1. The summed E-state index contributed by atoms with van der Waals surface area (Å²) in [4.78, 5) is 9.01. The van der Waals surface area contributed by atoms with E-state index in [1.165, 1.54) is 0 Å². The van der Waals surface area contributed by atoms with Crippen LogP contribution in [0.5, 0.6) is 5.75 Å². The van der Waals surface area contributed by atoms with Crippen LogP contribution in [0, 0.1) is 3.57 Å². The lowest BCUT2D eigenvalue weighted by molar-refractivity contribution is 0.412. The van der Waals surface area contributed by atoms with E-state index in [0.717, 1.165) is 37.9 Å². The fourth-order valence-electron chi connectivity index (χ4n) is 1.85. The molecule has 0 aliphatic rings. The number of nitrogen functional groups attached to an aromatic ring is 1. The van der Waals surface area contributed by atoms with Crippen molar-refractivity contribution in [1.82, 2.24) is 9.97 Å². The molecule has 0 atom stereocenters. The Labute approximate surface area is 140 Å². The van der Waals surface area contributed by atoms with E-state index in [9.17, 15) is 0 Å². The highest BCUT2D eigenvalue weighted by Gasteiger charge is 2.12. The van der Waals surface area contributed by atoms with Crippen molar-refractivity contribution in [3.8, 4) is 17.1 Å². The molecule has 20 heavy (non-hydrogen) atoms. The molecule has 1 aromatic heterocycles. The Morgan fingerprint density at radius 1 is 1.35 bits per heavy atom. The van der Waals surface area contributed by atoms with Crippen LogP contribution in [-0.4, -0.2) is 17.1 Å². The third-order valence-electron chi connectivity index (χ3n) is 2.84. The SMILES string of the molecule is CCCc1nc(-c2ccc(OC)c(Br)c2)nc(N)c1I. The molecule has 2 rings (SSSR count). The van der Waals surface area contributed by atoms with Gasteiger partial charge in [0.25, 0.3) is 0 Å². The summed E-state index contributed by atoms with van der Waals surface area (Å²) in [5, 5.41) is 0. The van der Waals surface area contributed by atoms with Crippen LogP contribution in [0.3, 0.4) is 0 Å². The zero-order valence-electron chi connectivity index (χ0n) is 11.3. The highest BCUT2D eigenvalue weighted by atomic mass is 127. The maximum atomic E-state index is 5.99. The Morgan fingerprint density at radius 3 is 2.70 bits per heavy atom. The summed E-state index contributed by atoms with van der Waals surface area (Å²) in [6.45, 7) is 2.12. The fraction of sp³-hybridized carbons (Fsp3) is 0.286. The van der Waals surface area contributed by atoms with Gasteiger partial charge >= 0.3 is 0 Å². The van der Waals surface area contributed by atoms with Gasteiger partial charge in [-0.05, 0) is 63.1 Å². The number of anilines is 1. The molecule has 0 unspecified atom stereocenters. The van der Waals surface area contributed by atoms with Crippen molar-refractivity contribution in [3.63, 3.8) is 0 Å². The van der Waals surface area contributed by atoms with Crippen molar-refractivity contribution in [2.75, 3.05) is 12.8 Å². The number of aromatic nitrogens is 2. The summed E-state index contributed by atoms with van der Waals surface area (Å²) < 4.78 is 7.04. The van der Waals surface area contributed by atoms with E-state index in [1.807, 2.05) is 18.2 Å². The summed E-state index contributed by atoms with van der Waals surface area (Å²) in [7, 11) is 1.64. The van der Waals surface area contributed by atoms with Crippen molar-refractivity contribution in [2.45, 2.75) is 19.8 Å². The zero-order valence-corrected chi connectivity index (χ0v) is 15.0. The molecule has 2 N–H and O–H groups in total. The van der Waals surface area contributed by atoms with Crippen molar-refractivity contribution >= 4 is 44.3 Å². The highest BCUT2D eigenvalue weighted by molar-refractivity contribution is 14.1. The molecule has 4 nitrogen and oxygen atoms in total. The highest BCUT2D eigenvalue weighted by Crippen LogP contribution is 2.30.